The third-order valence-electron chi connectivity index (χ3n) is 7.65. The fourth-order valence-corrected chi connectivity index (χ4v) is 5.73. The van der Waals surface area contributed by atoms with Gasteiger partial charge in [0.1, 0.15) is 12.7 Å². The van der Waals surface area contributed by atoms with Crippen LogP contribution in [0.25, 0.3) is 34.0 Å². The van der Waals surface area contributed by atoms with Gasteiger partial charge in [0, 0.05) is 39.3 Å². The fraction of sp³-hybridized carbons (Fsp3) is 0.500. The summed E-state index contributed by atoms with van der Waals surface area (Å²) in [4.78, 5) is 33.9. The van der Waals surface area contributed by atoms with E-state index in [4.69, 9.17) is 29.9 Å². The molecule has 2 saturated heterocycles. The third-order valence-corrected chi connectivity index (χ3v) is 7.65. The van der Waals surface area contributed by atoms with Gasteiger partial charge in [0.15, 0.2) is 45.6 Å². The average Bonchev–Trinajstić information content (AvgIpc) is 3.53. The van der Waals surface area contributed by atoms with Gasteiger partial charge in [-0.05, 0) is 51.4 Å². The third kappa shape index (κ3) is 4.41. The maximum Gasteiger partial charge on any atom is 0.178 e. The Morgan fingerprint density at radius 3 is 1.42 bits per heavy atom. The lowest BCUT2D eigenvalue weighted by atomic mass is 10.1. The van der Waals surface area contributed by atoms with Crippen molar-refractivity contribution in [2.24, 2.45) is 0 Å². The first-order valence-corrected chi connectivity index (χ1v) is 13.9. The van der Waals surface area contributed by atoms with E-state index >= 15 is 0 Å². The lowest BCUT2D eigenvalue weighted by Gasteiger charge is -2.27. The summed E-state index contributed by atoms with van der Waals surface area (Å²) >= 11 is 0. The number of piperidine rings is 2. The molecule has 0 spiro atoms. The smallest absolute Gasteiger partial charge is 0.178 e. The molecular weight excluding hydrogens is 476 g/mol. The molecule has 0 N–H and O–H groups in total. The zero-order valence-electron chi connectivity index (χ0n) is 22.1. The minimum absolute atomic E-state index is 0.709. The summed E-state index contributed by atoms with van der Waals surface area (Å²) in [5, 5.41) is 0. The van der Waals surface area contributed by atoms with Crippen LogP contribution in [0.4, 0.5) is 11.6 Å². The van der Waals surface area contributed by atoms with Crippen LogP contribution in [-0.2, 0) is 13.1 Å². The van der Waals surface area contributed by atoms with Crippen molar-refractivity contribution >= 4 is 34.0 Å². The minimum atomic E-state index is 0.709. The standard InChI is InChI=1S/C28H36N10/c1-3-5-17-37-25-21(23(29-19-31-25)35-13-9-7-10-14-35)33-27(37)28-34-22-24(36-15-11-8-12-16-36)30-20-32-26(22)38(28)18-6-4-2/h3-4,19-20H,1-2,5-18H2. The van der Waals surface area contributed by atoms with E-state index in [0.717, 1.165) is 84.6 Å². The van der Waals surface area contributed by atoms with Crippen LogP contribution < -0.4 is 9.80 Å². The van der Waals surface area contributed by atoms with E-state index in [0.29, 0.717) is 13.1 Å². The van der Waals surface area contributed by atoms with Crippen LogP contribution in [0.3, 0.4) is 0 Å². The Bertz CT molecular complexity index is 1330. The molecule has 198 valence electrons. The Hall–Kier alpha value is -3.82. The van der Waals surface area contributed by atoms with E-state index in [1.165, 1.54) is 38.5 Å². The first-order valence-electron chi connectivity index (χ1n) is 13.9. The Morgan fingerprint density at radius 2 is 1.03 bits per heavy atom. The summed E-state index contributed by atoms with van der Waals surface area (Å²) < 4.78 is 4.34. The summed E-state index contributed by atoms with van der Waals surface area (Å²) in [6, 6.07) is 0. The van der Waals surface area contributed by atoms with Gasteiger partial charge in [0.2, 0.25) is 0 Å². The lowest BCUT2D eigenvalue weighted by molar-refractivity contribution is 0.574. The molecular formula is C28H36N10. The average molecular weight is 513 g/mol. The van der Waals surface area contributed by atoms with Crippen LogP contribution in [0.1, 0.15) is 51.4 Å². The van der Waals surface area contributed by atoms with Crippen LogP contribution in [0.5, 0.6) is 0 Å². The van der Waals surface area contributed by atoms with E-state index in [9.17, 15) is 0 Å². The molecule has 2 fully saturated rings. The van der Waals surface area contributed by atoms with Crippen molar-refractivity contribution in [1.29, 1.82) is 0 Å². The van der Waals surface area contributed by atoms with Crippen molar-refractivity contribution in [1.82, 2.24) is 39.0 Å². The van der Waals surface area contributed by atoms with Crippen molar-refractivity contribution in [3.8, 4) is 11.6 Å². The number of fused-ring (bicyclic) bond motifs is 2. The zero-order chi connectivity index (χ0) is 25.9. The molecule has 0 radical (unpaired) electrons. The van der Waals surface area contributed by atoms with Crippen LogP contribution in [0.2, 0.25) is 0 Å². The van der Waals surface area contributed by atoms with Gasteiger partial charge < -0.3 is 18.9 Å². The predicted octanol–water partition coefficient (Wildman–Crippen LogP) is 4.77. The molecule has 0 saturated carbocycles. The summed E-state index contributed by atoms with van der Waals surface area (Å²) in [6.07, 6.45) is 16.0. The Morgan fingerprint density at radius 1 is 0.605 bits per heavy atom. The SMILES string of the molecule is C=CCCn1c(-c2nc3c(N4CCCCC4)ncnc3n2CCC=C)nc2c(N3CCCCC3)ncnc21. The predicted molar refractivity (Wildman–Crippen MR) is 151 cm³/mol. The van der Waals surface area contributed by atoms with Crippen molar-refractivity contribution in [3.63, 3.8) is 0 Å². The topological polar surface area (TPSA) is 93.7 Å². The number of hydrogen-bond acceptors (Lipinski definition) is 8. The first-order chi connectivity index (χ1) is 18.8. The second-order valence-corrected chi connectivity index (χ2v) is 10.2. The Kier molecular flexibility index (Phi) is 7.02. The number of allylic oxidation sites excluding steroid dienone is 2. The molecule has 0 aliphatic carbocycles. The van der Waals surface area contributed by atoms with Crippen molar-refractivity contribution in [2.75, 3.05) is 36.0 Å². The maximum absolute atomic E-state index is 5.21. The molecule has 10 heteroatoms. The summed E-state index contributed by atoms with van der Waals surface area (Å²) in [5.41, 5.74) is 3.33. The second kappa shape index (κ2) is 10.9. The zero-order valence-corrected chi connectivity index (χ0v) is 22.1. The largest absolute Gasteiger partial charge is 0.355 e. The number of aromatic nitrogens is 8. The van der Waals surface area contributed by atoms with Gasteiger partial charge in [-0.25, -0.2) is 29.9 Å². The van der Waals surface area contributed by atoms with Crippen molar-refractivity contribution in [2.45, 2.75) is 64.5 Å². The normalized spacial score (nSPS) is 16.4. The van der Waals surface area contributed by atoms with Crippen LogP contribution in [-0.4, -0.2) is 65.2 Å². The molecule has 6 heterocycles. The monoisotopic (exact) mass is 512 g/mol. The second-order valence-electron chi connectivity index (χ2n) is 10.2. The molecule has 0 bridgehead atoms. The molecule has 4 aromatic rings. The fourth-order valence-electron chi connectivity index (χ4n) is 5.73. The maximum atomic E-state index is 5.21. The van der Waals surface area contributed by atoms with Gasteiger partial charge in [-0.15, -0.1) is 13.2 Å². The van der Waals surface area contributed by atoms with Crippen LogP contribution in [0, 0.1) is 0 Å². The highest BCUT2D eigenvalue weighted by molar-refractivity contribution is 5.89. The molecule has 0 aromatic carbocycles. The van der Waals surface area contributed by atoms with Gasteiger partial charge in [-0.3, -0.25) is 0 Å². The van der Waals surface area contributed by atoms with E-state index in [-0.39, 0.29) is 0 Å². The summed E-state index contributed by atoms with van der Waals surface area (Å²) in [6.45, 7) is 13.3. The molecule has 10 nitrogen and oxygen atoms in total. The van der Waals surface area contributed by atoms with Crippen molar-refractivity contribution < 1.29 is 0 Å². The van der Waals surface area contributed by atoms with Gasteiger partial charge in [-0.1, -0.05) is 12.2 Å². The van der Waals surface area contributed by atoms with E-state index < -0.39 is 0 Å². The van der Waals surface area contributed by atoms with Crippen LogP contribution in [0.15, 0.2) is 38.0 Å². The summed E-state index contributed by atoms with van der Waals surface area (Å²) in [7, 11) is 0. The first kappa shape index (κ1) is 24.5. The molecule has 38 heavy (non-hydrogen) atoms. The number of nitrogens with zero attached hydrogens (tertiary/aromatic N) is 10. The van der Waals surface area contributed by atoms with Gasteiger partial charge in [-0.2, -0.15) is 0 Å². The van der Waals surface area contributed by atoms with E-state index in [1.807, 2.05) is 12.2 Å². The molecule has 0 atom stereocenters. The van der Waals surface area contributed by atoms with Crippen LogP contribution >= 0.6 is 0 Å². The molecule has 6 rings (SSSR count). The minimum Gasteiger partial charge on any atom is -0.355 e. The number of hydrogen-bond donors (Lipinski definition) is 0. The number of anilines is 2. The molecule has 0 amide bonds. The van der Waals surface area contributed by atoms with Gasteiger partial charge in [0.25, 0.3) is 0 Å². The van der Waals surface area contributed by atoms with Gasteiger partial charge >= 0.3 is 0 Å². The molecule has 2 aliphatic rings. The molecule has 2 aliphatic heterocycles. The molecule has 4 aromatic heterocycles. The number of rotatable bonds is 9. The quantitative estimate of drug-likeness (QED) is 0.296. The summed E-state index contributed by atoms with van der Waals surface area (Å²) in [5.74, 6) is 3.39. The van der Waals surface area contributed by atoms with E-state index in [1.54, 1.807) is 12.7 Å². The Balaban J connectivity index is 1.56. The highest BCUT2D eigenvalue weighted by Crippen LogP contribution is 2.33. The highest BCUT2D eigenvalue weighted by Gasteiger charge is 2.27. The van der Waals surface area contributed by atoms with E-state index in [2.05, 4.69) is 32.1 Å². The Labute approximate surface area is 223 Å². The lowest BCUT2D eigenvalue weighted by Crippen LogP contribution is -2.30. The van der Waals surface area contributed by atoms with Crippen molar-refractivity contribution in [3.05, 3.63) is 38.0 Å². The number of imidazole rings is 2. The number of aryl methyl sites for hydroxylation is 2. The van der Waals surface area contributed by atoms with Gasteiger partial charge in [0.05, 0.1) is 0 Å². The molecule has 0 unspecified atom stereocenters. The highest BCUT2D eigenvalue weighted by atomic mass is 15.3.